The molecule has 2 aliphatic rings. The van der Waals surface area contributed by atoms with E-state index in [9.17, 15) is 5.11 Å². The molecule has 144 valence electrons. The second-order valence-electron chi connectivity index (χ2n) is 7.93. The number of ether oxygens (including phenoxy) is 1. The lowest BCUT2D eigenvalue weighted by molar-refractivity contribution is -0.148. The third-order valence-corrected chi connectivity index (χ3v) is 6.34. The van der Waals surface area contributed by atoms with Gasteiger partial charge in [-0.15, -0.1) is 0 Å². The number of likely N-dealkylation sites (tertiary alicyclic amines) is 1. The molecule has 27 heavy (non-hydrogen) atoms. The molecule has 5 nitrogen and oxygen atoms in total. The predicted molar refractivity (Wildman–Crippen MR) is 104 cm³/mol. The van der Waals surface area contributed by atoms with Crippen LogP contribution in [-0.2, 0) is 18.6 Å². The van der Waals surface area contributed by atoms with Crippen LogP contribution in [0.4, 0.5) is 0 Å². The summed E-state index contributed by atoms with van der Waals surface area (Å²) in [4.78, 5) is 11.3. The van der Waals surface area contributed by atoms with Crippen molar-refractivity contribution in [1.29, 1.82) is 0 Å². The van der Waals surface area contributed by atoms with Gasteiger partial charge < -0.3 is 9.84 Å². The van der Waals surface area contributed by atoms with Crippen LogP contribution in [0.3, 0.4) is 0 Å². The number of piperidine rings is 1. The Hall–Kier alpha value is -1.98. The molecular formula is C22H29N3O2. The summed E-state index contributed by atoms with van der Waals surface area (Å²) < 4.78 is 5.28. The van der Waals surface area contributed by atoms with Crippen LogP contribution < -0.4 is 4.74 Å². The third-order valence-electron chi connectivity index (χ3n) is 6.34. The van der Waals surface area contributed by atoms with Crippen LogP contribution in [-0.4, -0.2) is 40.2 Å². The zero-order valence-corrected chi connectivity index (χ0v) is 16.3. The molecule has 2 aromatic rings. The van der Waals surface area contributed by atoms with Gasteiger partial charge in [-0.2, -0.15) is 0 Å². The van der Waals surface area contributed by atoms with E-state index < -0.39 is 5.60 Å². The van der Waals surface area contributed by atoms with Gasteiger partial charge in [0.25, 0.3) is 0 Å². The molecule has 1 aliphatic heterocycles. The fraction of sp³-hybridized carbons (Fsp3) is 0.545. The smallest absolute Gasteiger partial charge is 0.127 e. The summed E-state index contributed by atoms with van der Waals surface area (Å²) in [5, 5.41) is 11.7. The Bertz CT molecular complexity index is 746. The third kappa shape index (κ3) is 3.46. The maximum atomic E-state index is 11.7. The van der Waals surface area contributed by atoms with Gasteiger partial charge in [-0.1, -0.05) is 25.5 Å². The minimum Gasteiger partial charge on any atom is -0.497 e. The number of hydrogen-bond donors (Lipinski definition) is 1. The Morgan fingerprint density at radius 2 is 1.74 bits per heavy atom. The summed E-state index contributed by atoms with van der Waals surface area (Å²) in [5.41, 5.74) is 1.46. The van der Waals surface area contributed by atoms with Crippen molar-refractivity contribution in [2.24, 2.45) is 11.8 Å². The summed E-state index contributed by atoms with van der Waals surface area (Å²) in [5.74, 6) is 2.24. The van der Waals surface area contributed by atoms with Gasteiger partial charge in [-0.25, -0.2) is 9.97 Å². The van der Waals surface area contributed by atoms with E-state index in [-0.39, 0.29) is 11.8 Å². The van der Waals surface area contributed by atoms with E-state index in [2.05, 4.69) is 21.8 Å². The molecule has 2 heterocycles. The van der Waals surface area contributed by atoms with Crippen LogP contribution in [0.1, 0.15) is 43.1 Å². The first-order valence-electron chi connectivity index (χ1n) is 10.0. The van der Waals surface area contributed by atoms with Crippen LogP contribution in [0, 0.1) is 11.8 Å². The van der Waals surface area contributed by atoms with E-state index in [1.165, 1.54) is 6.42 Å². The average Bonchev–Trinajstić information content (AvgIpc) is 2.69. The average molecular weight is 367 g/mol. The standard InChI is InChI=1S/C22H29N3O2/c1-3-21-23-11-16(12-24-21)13-25-14-18-5-4-6-19(15-25)22(18,26)17-7-9-20(27-2)10-8-17/h7-12,18-19,26H,3-6,13-15H2,1-2H3/t18-,19-/m0/s1. The van der Waals surface area contributed by atoms with Crippen molar-refractivity contribution in [3.63, 3.8) is 0 Å². The molecule has 1 saturated carbocycles. The fourth-order valence-corrected chi connectivity index (χ4v) is 4.91. The van der Waals surface area contributed by atoms with Crippen LogP contribution in [0.25, 0.3) is 0 Å². The molecule has 1 aromatic carbocycles. The van der Waals surface area contributed by atoms with Gasteiger partial charge in [0.1, 0.15) is 11.6 Å². The number of aliphatic hydroxyl groups is 1. The minimum atomic E-state index is -0.733. The molecule has 0 spiro atoms. The van der Waals surface area contributed by atoms with Crippen molar-refractivity contribution in [1.82, 2.24) is 14.9 Å². The van der Waals surface area contributed by atoms with E-state index in [0.717, 1.165) is 61.6 Å². The molecule has 1 aromatic heterocycles. The van der Waals surface area contributed by atoms with Gasteiger partial charge in [-0.3, -0.25) is 4.90 Å². The van der Waals surface area contributed by atoms with Crippen molar-refractivity contribution in [2.75, 3.05) is 20.2 Å². The molecular weight excluding hydrogens is 338 g/mol. The lowest BCUT2D eigenvalue weighted by Crippen LogP contribution is -2.57. The Morgan fingerprint density at radius 1 is 1.11 bits per heavy atom. The molecule has 1 saturated heterocycles. The Balaban J connectivity index is 1.52. The quantitative estimate of drug-likeness (QED) is 0.880. The summed E-state index contributed by atoms with van der Waals surface area (Å²) in [7, 11) is 1.67. The topological polar surface area (TPSA) is 58.5 Å². The zero-order chi connectivity index (χ0) is 18.9. The highest BCUT2D eigenvalue weighted by Gasteiger charge is 2.51. The first-order valence-corrected chi connectivity index (χ1v) is 10.0. The van der Waals surface area contributed by atoms with Gasteiger partial charge in [0.15, 0.2) is 0 Å². The molecule has 2 atom stereocenters. The number of aryl methyl sites for hydroxylation is 1. The van der Waals surface area contributed by atoms with Gasteiger partial charge in [0.05, 0.1) is 12.7 Å². The van der Waals surface area contributed by atoms with E-state index in [4.69, 9.17) is 4.74 Å². The Morgan fingerprint density at radius 3 is 2.30 bits per heavy atom. The van der Waals surface area contributed by atoms with Crippen molar-refractivity contribution in [2.45, 2.75) is 44.8 Å². The highest BCUT2D eigenvalue weighted by molar-refractivity contribution is 5.33. The normalized spacial score (nSPS) is 28.1. The van der Waals surface area contributed by atoms with E-state index in [1.54, 1.807) is 7.11 Å². The van der Waals surface area contributed by atoms with Crippen LogP contribution in [0.2, 0.25) is 0 Å². The summed E-state index contributed by atoms with van der Waals surface area (Å²) in [6, 6.07) is 8.00. The molecule has 1 aliphatic carbocycles. The minimum absolute atomic E-state index is 0.259. The molecule has 2 bridgehead atoms. The number of aromatic nitrogens is 2. The summed E-state index contributed by atoms with van der Waals surface area (Å²) in [6.07, 6.45) is 8.11. The van der Waals surface area contributed by atoms with Crippen molar-refractivity contribution in [3.8, 4) is 5.75 Å². The first-order chi connectivity index (χ1) is 13.1. The van der Waals surface area contributed by atoms with E-state index >= 15 is 0 Å². The number of rotatable bonds is 5. The molecule has 2 fully saturated rings. The first kappa shape index (κ1) is 18.4. The SMILES string of the molecule is CCc1ncc(CN2C[C@@H]3CCC[C@@H](C2)C3(O)c2ccc(OC)cc2)cn1. The number of methoxy groups -OCH3 is 1. The second kappa shape index (κ2) is 7.56. The largest absolute Gasteiger partial charge is 0.497 e. The molecule has 0 radical (unpaired) electrons. The van der Waals surface area contributed by atoms with E-state index in [1.807, 2.05) is 36.7 Å². The number of hydrogen-bond acceptors (Lipinski definition) is 5. The van der Waals surface area contributed by atoms with Gasteiger partial charge in [-0.05, 0) is 30.5 Å². The molecule has 4 rings (SSSR count). The molecule has 0 unspecified atom stereocenters. The second-order valence-corrected chi connectivity index (χ2v) is 7.93. The summed E-state index contributed by atoms with van der Waals surface area (Å²) >= 11 is 0. The number of fused-ring (bicyclic) bond motifs is 2. The van der Waals surface area contributed by atoms with Crippen LogP contribution in [0.5, 0.6) is 5.75 Å². The van der Waals surface area contributed by atoms with Crippen molar-refractivity contribution >= 4 is 0 Å². The molecule has 1 N–H and O–H groups in total. The maximum Gasteiger partial charge on any atom is 0.127 e. The molecule has 0 amide bonds. The Kier molecular flexibility index (Phi) is 5.15. The highest BCUT2D eigenvalue weighted by Crippen LogP contribution is 2.49. The number of nitrogens with zero attached hydrogens (tertiary/aromatic N) is 3. The zero-order valence-electron chi connectivity index (χ0n) is 16.3. The van der Waals surface area contributed by atoms with Crippen LogP contribution in [0.15, 0.2) is 36.7 Å². The van der Waals surface area contributed by atoms with E-state index in [0.29, 0.717) is 0 Å². The number of benzene rings is 1. The van der Waals surface area contributed by atoms with Gasteiger partial charge >= 0.3 is 0 Å². The highest BCUT2D eigenvalue weighted by atomic mass is 16.5. The summed E-state index contributed by atoms with van der Waals surface area (Å²) in [6.45, 7) is 4.75. The maximum absolute atomic E-state index is 11.7. The predicted octanol–water partition coefficient (Wildman–Crippen LogP) is 3.17. The lowest BCUT2D eigenvalue weighted by atomic mass is 9.62. The molecule has 5 heteroatoms. The van der Waals surface area contributed by atoms with Crippen molar-refractivity contribution in [3.05, 3.63) is 53.6 Å². The fourth-order valence-electron chi connectivity index (χ4n) is 4.91. The Labute approximate surface area is 161 Å². The van der Waals surface area contributed by atoms with Gasteiger partial charge in [0, 0.05) is 55.8 Å². The monoisotopic (exact) mass is 367 g/mol. The van der Waals surface area contributed by atoms with Gasteiger partial charge in [0.2, 0.25) is 0 Å². The van der Waals surface area contributed by atoms with Crippen molar-refractivity contribution < 1.29 is 9.84 Å². The lowest BCUT2D eigenvalue weighted by Gasteiger charge is -2.53. The van der Waals surface area contributed by atoms with Crippen LogP contribution >= 0.6 is 0 Å².